The smallest absolute Gasteiger partial charge is 0.132 e. The molecule has 1 unspecified atom stereocenters. The fraction of sp³-hybridized carbons (Fsp3) is 0.429. The minimum absolute atomic E-state index is 0.0741. The Kier molecular flexibility index (Phi) is 4.58. The molecule has 0 aromatic carbocycles. The van der Waals surface area contributed by atoms with Crippen LogP contribution in [0.15, 0.2) is 27.2 Å². The van der Waals surface area contributed by atoms with Crippen LogP contribution in [0, 0.1) is 6.92 Å². The number of hydrogen-bond donors (Lipinski definition) is 1. The standard InChI is InChI=1S/C14H18BrN3O/c1-4-5-13-17-12(15)8-14(18-13)16-10(3)11-7-6-9(2)19-11/h6-8,10H,4-5H2,1-3H3,(H,16,17,18). The van der Waals surface area contributed by atoms with E-state index in [0.717, 1.165) is 40.6 Å². The molecule has 0 aliphatic rings. The molecule has 0 amide bonds. The van der Waals surface area contributed by atoms with Crippen molar-refractivity contribution >= 4 is 21.7 Å². The quantitative estimate of drug-likeness (QED) is 0.835. The van der Waals surface area contributed by atoms with E-state index in [1.807, 2.05) is 32.0 Å². The molecular formula is C14H18BrN3O. The van der Waals surface area contributed by atoms with Crippen LogP contribution in [0.2, 0.25) is 0 Å². The Morgan fingerprint density at radius 1 is 1.37 bits per heavy atom. The highest BCUT2D eigenvalue weighted by Gasteiger charge is 2.11. The van der Waals surface area contributed by atoms with Crippen LogP contribution in [0.25, 0.3) is 0 Å². The second kappa shape index (κ2) is 6.19. The SMILES string of the molecule is CCCc1nc(Br)cc(NC(C)c2ccc(C)o2)n1. The molecular weight excluding hydrogens is 306 g/mol. The van der Waals surface area contributed by atoms with Gasteiger partial charge in [0.25, 0.3) is 0 Å². The first-order valence-electron chi connectivity index (χ1n) is 6.45. The van der Waals surface area contributed by atoms with Crippen LogP contribution in [-0.4, -0.2) is 9.97 Å². The molecule has 0 radical (unpaired) electrons. The van der Waals surface area contributed by atoms with Crippen molar-refractivity contribution in [1.82, 2.24) is 9.97 Å². The summed E-state index contributed by atoms with van der Waals surface area (Å²) in [5, 5.41) is 3.34. The molecule has 1 N–H and O–H groups in total. The van der Waals surface area contributed by atoms with Crippen molar-refractivity contribution in [3.63, 3.8) is 0 Å². The molecule has 4 nitrogen and oxygen atoms in total. The van der Waals surface area contributed by atoms with E-state index in [9.17, 15) is 0 Å². The Bertz CT molecular complexity index is 553. The number of aromatic nitrogens is 2. The maximum Gasteiger partial charge on any atom is 0.132 e. The predicted molar refractivity (Wildman–Crippen MR) is 79.2 cm³/mol. The molecule has 2 aromatic rings. The van der Waals surface area contributed by atoms with Crippen molar-refractivity contribution in [3.05, 3.63) is 40.1 Å². The van der Waals surface area contributed by atoms with Crippen LogP contribution < -0.4 is 5.32 Å². The van der Waals surface area contributed by atoms with Crippen molar-refractivity contribution < 1.29 is 4.42 Å². The van der Waals surface area contributed by atoms with Crippen LogP contribution in [0.5, 0.6) is 0 Å². The first-order valence-corrected chi connectivity index (χ1v) is 7.24. The summed E-state index contributed by atoms with van der Waals surface area (Å²) in [5.41, 5.74) is 0. The van der Waals surface area contributed by atoms with E-state index in [4.69, 9.17) is 4.42 Å². The van der Waals surface area contributed by atoms with Crippen molar-refractivity contribution in [3.8, 4) is 0 Å². The molecule has 5 heteroatoms. The molecule has 0 aliphatic carbocycles. The fourth-order valence-electron chi connectivity index (χ4n) is 1.85. The molecule has 0 fully saturated rings. The Morgan fingerprint density at radius 3 is 2.79 bits per heavy atom. The first kappa shape index (κ1) is 14.1. The van der Waals surface area contributed by atoms with Crippen molar-refractivity contribution in [2.24, 2.45) is 0 Å². The molecule has 2 rings (SSSR count). The molecule has 0 aliphatic heterocycles. The summed E-state index contributed by atoms with van der Waals surface area (Å²) in [6, 6.07) is 5.90. The lowest BCUT2D eigenvalue weighted by atomic mass is 10.2. The average Bonchev–Trinajstić information content (AvgIpc) is 2.75. The molecule has 0 saturated heterocycles. The van der Waals surface area contributed by atoms with Crippen molar-refractivity contribution in [2.75, 3.05) is 5.32 Å². The Hall–Kier alpha value is -1.36. The van der Waals surface area contributed by atoms with E-state index in [0.29, 0.717) is 0 Å². The van der Waals surface area contributed by atoms with Crippen LogP contribution in [0.4, 0.5) is 5.82 Å². The van der Waals surface area contributed by atoms with Gasteiger partial charge in [0.1, 0.15) is 27.8 Å². The largest absolute Gasteiger partial charge is 0.464 e. The Labute approximate surface area is 121 Å². The lowest BCUT2D eigenvalue weighted by molar-refractivity contribution is 0.466. The van der Waals surface area contributed by atoms with Crippen molar-refractivity contribution in [2.45, 2.75) is 39.7 Å². The maximum atomic E-state index is 5.61. The van der Waals surface area contributed by atoms with Gasteiger partial charge < -0.3 is 9.73 Å². The Balaban J connectivity index is 2.14. The van der Waals surface area contributed by atoms with E-state index in [-0.39, 0.29) is 6.04 Å². The maximum absolute atomic E-state index is 5.61. The molecule has 1 atom stereocenters. The molecule has 0 spiro atoms. The highest BCUT2D eigenvalue weighted by Crippen LogP contribution is 2.21. The zero-order valence-corrected chi connectivity index (χ0v) is 13.0. The summed E-state index contributed by atoms with van der Waals surface area (Å²) in [4.78, 5) is 8.85. The van der Waals surface area contributed by atoms with Gasteiger partial charge in [0.15, 0.2) is 0 Å². The summed E-state index contributed by atoms with van der Waals surface area (Å²) in [6.45, 7) is 6.11. The average molecular weight is 324 g/mol. The Morgan fingerprint density at radius 2 is 2.16 bits per heavy atom. The molecule has 102 valence electrons. The number of hydrogen-bond acceptors (Lipinski definition) is 4. The van der Waals surface area contributed by atoms with Gasteiger partial charge in [0.05, 0.1) is 6.04 Å². The number of furan rings is 1. The third-order valence-corrected chi connectivity index (χ3v) is 3.17. The van der Waals surface area contributed by atoms with Crippen LogP contribution in [0.1, 0.15) is 43.7 Å². The predicted octanol–water partition coefficient (Wildman–Crippen LogP) is 4.27. The van der Waals surface area contributed by atoms with Gasteiger partial charge in [-0.2, -0.15) is 0 Å². The van der Waals surface area contributed by atoms with E-state index < -0.39 is 0 Å². The summed E-state index contributed by atoms with van der Waals surface area (Å²) < 4.78 is 6.41. The van der Waals surface area contributed by atoms with Gasteiger partial charge in [-0.3, -0.25) is 0 Å². The number of nitrogens with zero attached hydrogens (tertiary/aromatic N) is 2. The van der Waals surface area contributed by atoms with Crippen LogP contribution in [0.3, 0.4) is 0 Å². The highest BCUT2D eigenvalue weighted by molar-refractivity contribution is 9.10. The van der Waals surface area contributed by atoms with Gasteiger partial charge in [-0.15, -0.1) is 0 Å². The summed E-state index contributed by atoms with van der Waals surface area (Å²) in [6.07, 6.45) is 1.91. The topological polar surface area (TPSA) is 51.0 Å². The lowest BCUT2D eigenvalue weighted by Crippen LogP contribution is -2.09. The summed E-state index contributed by atoms with van der Waals surface area (Å²) in [5.74, 6) is 3.48. The zero-order chi connectivity index (χ0) is 13.8. The first-order chi connectivity index (χ1) is 9.08. The second-order valence-corrected chi connectivity index (χ2v) is 5.37. The van der Waals surface area contributed by atoms with E-state index in [2.05, 4.69) is 38.1 Å². The van der Waals surface area contributed by atoms with Crippen LogP contribution >= 0.6 is 15.9 Å². The molecule has 2 heterocycles. The third kappa shape index (κ3) is 3.80. The normalized spacial score (nSPS) is 12.4. The minimum atomic E-state index is 0.0741. The van der Waals surface area contributed by atoms with Gasteiger partial charge in [0, 0.05) is 12.5 Å². The van der Waals surface area contributed by atoms with E-state index in [1.54, 1.807) is 0 Å². The zero-order valence-electron chi connectivity index (χ0n) is 11.4. The number of nitrogens with one attached hydrogen (secondary N) is 1. The second-order valence-electron chi connectivity index (χ2n) is 4.56. The molecule has 2 aromatic heterocycles. The number of halogens is 1. The molecule has 0 bridgehead atoms. The highest BCUT2D eigenvalue weighted by atomic mass is 79.9. The summed E-state index contributed by atoms with van der Waals surface area (Å²) >= 11 is 3.42. The minimum Gasteiger partial charge on any atom is -0.464 e. The van der Waals surface area contributed by atoms with E-state index in [1.165, 1.54) is 0 Å². The third-order valence-electron chi connectivity index (χ3n) is 2.77. The van der Waals surface area contributed by atoms with Gasteiger partial charge in [-0.25, -0.2) is 9.97 Å². The van der Waals surface area contributed by atoms with E-state index >= 15 is 0 Å². The van der Waals surface area contributed by atoms with Gasteiger partial charge in [-0.1, -0.05) is 6.92 Å². The molecule has 19 heavy (non-hydrogen) atoms. The number of anilines is 1. The van der Waals surface area contributed by atoms with Crippen molar-refractivity contribution in [1.29, 1.82) is 0 Å². The van der Waals surface area contributed by atoms with Crippen LogP contribution in [-0.2, 0) is 6.42 Å². The summed E-state index contributed by atoms with van der Waals surface area (Å²) in [7, 11) is 0. The van der Waals surface area contributed by atoms with Gasteiger partial charge >= 0.3 is 0 Å². The lowest BCUT2D eigenvalue weighted by Gasteiger charge is -2.13. The van der Waals surface area contributed by atoms with Gasteiger partial charge in [0.2, 0.25) is 0 Å². The van der Waals surface area contributed by atoms with Gasteiger partial charge in [-0.05, 0) is 48.3 Å². The number of rotatable bonds is 5. The fourth-order valence-corrected chi connectivity index (χ4v) is 2.27. The molecule has 0 saturated carbocycles. The number of aryl methyl sites for hydroxylation is 2. The monoisotopic (exact) mass is 323 g/mol.